The Kier molecular flexibility index (Phi) is 7.39. The molecule has 5 nitrogen and oxygen atoms in total. The van der Waals surface area contributed by atoms with Gasteiger partial charge in [-0.2, -0.15) is 13.2 Å². The summed E-state index contributed by atoms with van der Waals surface area (Å²) in [6, 6.07) is 5.39. The van der Waals surface area contributed by atoms with E-state index in [-0.39, 0.29) is 16.4 Å². The molecule has 0 spiro atoms. The van der Waals surface area contributed by atoms with E-state index in [0.717, 1.165) is 24.1 Å². The molecule has 1 aromatic heterocycles. The third-order valence-corrected chi connectivity index (χ3v) is 11.8. The lowest BCUT2D eigenvalue weighted by Gasteiger charge is -2.42. The average Bonchev–Trinajstić information content (AvgIpc) is 2.71. The van der Waals surface area contributed by atoms with Crippen LogP contribution in [0.4, 0.5) is 13.2 Å². The van der Waals surface area contributed by atoms with Gasteiger partial charge in [-0.05, 0) is 74.7 Å². The van der Waals surface area contributed by atoms with Gasteiger partial charge in [0.25, 0.3) is 5.56 Å². The number of rotatable bonds is 6. The van der Waals surface area contributed by atoms with Gasteiger partial charge in [0.15, 0.2) is 8.32 Å². The van der Waals surface area contributed by atoms with Crippen molar-refractivity contribution in [2.24, 2.45) is 0 Å². The van der Waals surface area contributed by atoms with Crippen LogP contribution in [0.5, 0.6) is 5.75 Å². The van der Waals surface area contributed by atoms with Gasteiger partial charge in [-0.15, -0.1) is 0 Å². The van der Waals surface area contributed by atoms with Crippen molar-refractivity contribution < 1.29 is 27.4 Å². The maximum Gasteiger partial charge on any atom is 0.416 e. The predicted molar refractivity (Wildman–Crippen MR) is 132 cm³/mol. The lowest BCUT2D eigenvalue weighted by molar-refractivity contribution is -0.137. The number of aryl methyl sites for hydroxylation is 1. The van der Waals surface area contributed by atoms with E-state index in [1.54, 1.807) is 26.1 Å². The van der Waals surface area contributed by atoms with Crippen molar-refractivity contribution in [2.75, 3.05) is 6.61 Å². The van der Waals surface area contributed by atoms with E-state index >= 15 is 0 Å². The molecule has 0 radical (unpaired) electrons. The van der Waals surface area contributed by atoms with E-state index in [1.165, 1.54) is 16.7 Å². The fourth-order valence-electron chi connectivity index (χ4n) is 3.98. The third kappa shape index (κ3) is 5.84. The molecule has 35 heavy (non-hydrogen) atoms. The number of hydrogen-bond acceptors (Lipinski definition) is 4. The molecule has 3 rings (SSSR count). The highest BCUT2D eigenvalue weighted by molar-refractivity contribution is 6.74. The van der Waals surface area contributed by atoms with Crippen LogP contribution in [0.25, 0.3) is 0 Å². The molecule has 0 amide bonds. The second-order valence-corrected chi connectivity index (χ2v) is 16.1. The molecule has 2 heterocycles. The monoisotopic (exact) mass is 511 g/mol. The average molecular weight is 512 g/mol. The second kappa shape index (κ2) is 9.41. The highest BCUT2D eigenvalue weighted by Gasteiger charge is 2.45. The Bertz CT molecular complexity index is 1120. The van der Waals surface area contributed by atoms with Gasteiger partial charge in [0.2, 0.25) is 0 Å². The van der Waals surface area contributed by atoms with Crippen LogP contribution < -0.4 is 10.3 Å². The summed E-state index contributed by atoms with van der Waals surface area (Å²) >= 11 is 0. The summed E-state index contributed by atoms with van der Waals surface area (Å²) in [5, 5.41) is 11.1. The molecule has 0 unspecified atom stereocenters. The Morgan fingerprint density at radius 1 is 1.14 bits per heavy atom. The summed E-state index contributed by atoms with van der Waals surface area (Å²) in [5.74, 6) is 0.219. The van der Waals surface area contributed by atoms with Gasteiger partial charge in [0, 0.05) is 24.4 Å². The maximum absolute atomic E-state index is 13.4. The molecule has 1 aliphatic rings. The summed E-state index contributed by atoms with van der Waals surface area (Å²) in [5.41, 5.74) is -1.41. The molecule has 9 heteroatoms. The minimum atomic E-state index is -4.56. The van der Waals surface area contributed by atoms with Gasteiger partial charge in [0.1, 0.15) is 17.5 Å². The van der Waals surface area contributed by atoms with Crippen molar-refractivity contribution in [3.63, 3.8) is 0 Å². The van der Waals surface area contributed by atoms with Crippen LogP contribution in [0, 0.1) is 0 Å². The molecule has 1 aliphatic heterocycles. The number of aliphatic hydroxyl groups is 1. The summed E-state index contributed by atoms with van der Waals surface area (Å²) in [6.07, 6.45) is -2.85. The van der Waals surface area contributed by atoms with Crippen LogP contribution in [0.2, 0.25) is 18.1 Å². The van der Waals surface area contributed by atoms with Crippen molar-refractivity contribution in [1.29, 1.82) is 0 Å². The number of hydrogen-bond donors (Lipinski definition) is 1. The Morgan fingerprint density at radius 2 is 1.80 bits per heavy atom. The fourth-order valence-corrected chi connectivity index (χ4v) is 5.07. The van der Waals surface area contributed by atoms with Crippen molar-refractivity contribution >= 4 is 8.32 Å². The lowest BCUT2D eigenvalue weighted by atomic mass is 9.85. The highest BCUT2D eigenvalue weighted by Crippen LogP contribution is 2.44. The van der Waals surface area contributed by atoms with Crippen molar-refractivity contribution in [1.82, 2.24) is 4.57 Å². The SMILES string of the molecule is CC1(C)Oc2ccc(C(F)(F)F)cc2[C@@H](n2ccc(CCCO[Si](C)(C)C(C)(C)C)cc2=O)[C@@H]1O. The van der Waals surface area contributed by atoms with Gasteiger partial charge in [-0.25, -0.2) is 0 Å². The van der Waals surface area contributed by atoms with E-state index in [0.29, 0.717) is 13.0 Å². The second-order valence-electron chi connectivity index (χ2n) is 11.3. The first-order valence-corrected chi connectivity index (χ1v) is 14.8. The summed E-state index contributed by atoms with van der Waals surface area (Å²) in [7, 11) is -1.84. The fraction of sp³-hybridized carbons (Fsp3) is 0.577. The Hall–Kier alpha value is -2.10. The molecule has 0 fully saturated rings. The number of aromatic nitrogens is 1. The Balaban J connectivity index is 1.85. The number of aliphatic hydroxyl groups excluding tert-OH is 1. The van der Waals surface area contributed by atoms with E-state index in [9.17, 15) is 23.1 Å². The van der Waals surface area contributed by atoms with E-state index in [1.807, 2.05) is 0 Å². The first kappa shape index (κ1) is 27.5. The predicted octanol–water partition coefficient (Wildman–Crippen LogP) is 5.94. The minimum absolute atomic E-state index is 0.119. The standard InChI is InChI=1S/C26H36F3NO4Si/c1-24(2,3)35(6,7)33-14-8-9-17-12-13-30(21(31)15-17)22-19-16-18(26(27,28)29)10-11-20(19)34-25(4,5)23(22)32/h10-13,15-16,22-23,32H,8-9,14H2,1-7H3/t22-,23+/m1/s1. The zero-order chi connectivity index (χ0) is 26.4. The van der Waals surface area contributed by atoms with Crippen LogP contribution >= 0.6 is 0 Å². The van der Waals surface area contributed by atoms with Gasteiger partial charge >= 0.3 is 6.18 Å². The zero-order valence-electron chi connectivity index (χ0n) is 21.5. The topological polar surface area (TPSA) is 60.7 Å². The molecule has 1 N–H and O–H groups in total. The lowest BCUT2D eigenvalue weighted by Crippen LogP contribution is -2.52. The third-order valence-electron chi connectivity index (χ3n) is 7.23. The van der Waals surface area contributed by atoms with Gasteiger partial charge in [0.05, 0.1) is 11.6 Å². The van der Waals surface area contributed by atoms with Crippen LogP contribution in [-0.2, 0) is 17.0 Å². The number of alkyl halides is 3. The normalized spacial score (nSPS) is 20.3. The largest absolute Gasteiger partial charge is 0.485 e. The molecular formula is C26H36F3NO4Si. The van der Waals surface area contributed by atoms with Crippen LogP contribution in [-0.4, -0.2) is 36.3 Å². The molecule has 194 valence electrons. The molecule has 1 aromatic carbocycles. The first-order valence-electron chi connectivity index (χ1n) is 11.9. The minimum Gasteiger partial charge on any atom is -0.485 e. The van der Waals surface area contributed by atoms with Crippen LogP contribution in [0.15, 0.2) is 41.3 Å². The Labute approximate surface area is 206 Å². The van der Waals surface area contributed by atoms with Crippen LogP contribution in [0.1, 0.15) is 63.8 Å². The molecular weight excluding hydrogens is 475 g/mol. The molecule has 2 aromatic rings. The maximum atomic E-state index is 13.4. The molecule has 0 aliphatic carbocycles. The van der Waals surface area contributed by atoms with Gasteiger partial charge in [-0.3, -0.25) is 4.79 Å². The number of pyridine rings is 1. The van der Waals surface area contributed by atoms with E-state index in [4.69, 9.17) is 9.16 Å². The van der Waals surface area contributed by atoms with Crippen molar-refractivity contribution in [3.05, 3.63) is 63.6 Å². The molecule has 0 saturated heterocycles. The van der Waals surface area contributed by atoms with Gasteiger partial charge in [-0.1, -0.05) is 20.8 Å². The van der Waals surface area contributed by atoms with Crippen LogP contribution in [0.3, 0.4) is 0 Å². The summed E-state index contributed by atoms with van der Waals surface area (Å²) < 4.78 is 53.4. The summed E-state index contributed by atoms with van der Waals surface area (Å²) in [6.45, 7) is 14.8. The molecule has 0 bridgehead atoms. The first-order chi connectivity index (χ1) is 15.9. The number of halogens is 3. The van der Waals surface area contributed by atoms with Gasteiger partial charge < -0.3 is 18.8 Å². The van der Waals surface area contributed by atoms with Crippen molar-refractivity contribution in [3.8, 4) is 5.75 Å². The molecule has 0 saturated carbocycles. The van der Waals surface area contributed by atoms with E-state index in [2.05, 4.69) is 33.9 Å². The highest BCUT2D eigenvalue weighted by atomic mass is 28.4. The zero-order valence-corrected chi connectivity index (χ0v) is 22.5. The summed E-state index contributed by atoms with van der Waals surface area (Å²) in [4.78, 5) is 13.1. The number of fused-ring (bicyclic) bond motifs is 1. The smallest absolute Gasteiger partial charge is 0.416 e. The quantitative estimate of drug-likeness (QED) is 0.385. The Morgan fingerprint density at radius 3 is 2.37 bits per heavy atom. The molecule has 2 atom stereocenters. The number of nitrogens with zero attached hydrogens (tertiary/aromatic N) is 1. The van der Waals surface area contributed by atoms with Crippen molar-refractivity contribution in [2.45, 2.75) is 89.5 Å². The van der Waals surface area contributed by atoms with E-state index < -0.39 is 43.4 Å². The number of benzene rings is 1. The number of ether oxygens (including phenoxy) is 1.